The van der Waals surface area contributed by atoms with Crippen LogP contribution in [-0.4, -0.2) is 37.6 Å². The predicted octanol–water partition coefficient (Wildman–Crippen LogP) is 2.89. The molecule has 1 aliphatic carbocycles. The van der Waals surface area contributed by atoms with Crippen molar-refractivity contribution in [2.45, 2.75) is 64.5 Å². The summed E-state index contributed by atoms with van der Waals surface area (Å²) in [6.45, 7) is 5.93. The van der Waals surface area contributed by atoms with Gasteiger partial charge in [-0.2, -0.15) is 0 Å². The molecule has 0 bridgehead atoms. The van der Waals surface area contributed by atoms with Crippen molar-refractivity contribution in [3.05, 3.63) is 0 Å². The van der Waals surface area contributed by atoms with E-state index in [2.05, 4.69) is 38.2 Å². The third-order valence-electron chi connectivity index (χ3n) is 4.43. The lowest BCUT2D eigenvalue weighted by Gasteiger charge is -2.36. The Hall–Kier alpha value is -0.0800. The second kappa shape index (κ2) is 7.29. The summed E-state index contributed by atoms with van der Waals surface area (Å²) in [5.74, 6) is 0.895. The number of nitrogens with zero attached hydrogens (tertiary/aromatic N) is 1. The van der Waals surface area contributed by atoms with E-state index >= 15 is 0 Å². The molecule has 0 spiro atoms. The standard InChI is InChI=1S/C14H30N2/c1-5-12(6-2)11-16(4)14-9-7-13(15-3)8-10-14/h12-15H,5-11H2,1-4H3. The highest BCUT2D eigenvalue weighted by atomic mass is 15.1. The monoisotopic (exact) mass is 226 g/mol. The van der Waals surface area contributed by atoms with Crippen LogP contribution in [0.2, 0.25) is 0 Å². The lowest BCUT2D eigenvalue weighted by Crippen LogP contribution is -2.41. The van der Waals surface area contributed by atoms with Gasteiger partial charge in [0.25, 0.3) is 0 Å². The molecule has 0 aliphatic heterocycles. The predicted molar refractivity (Wildman–Crippen MR) is 71.8 cm³/mol. The highest BCUT2D eigenvalue weighted by Gasteiger charge is 2.23. The van der Waals surface area contributed by atoms with Gasteiger partial charge in [0.15, 0.2) is 0 Å². The number of hydrogen-bond donors (Lipinski definition) is 1. The van der Waals surface area contributed by atoms with Crippen LogP contribution in [0.3, 0.4) is 0 Å². The van der Waals surface area contributed by atoms with Gasteiger partial charge < -0.3 is 10.2 Å². The van der Waals surface area contributed by atoms with E-state index in [4.69, 9.17) is 0 Å². The van der Waals surface area contributed by atoms with Gasteiger partial charge in [0.2, 0.25) is 0 Å². The van der Waals surface area contributed by atoms with Gasteiger partial charge in [0.1, 0.15) is 0 Å². The van der Waals surface area contributed by atoms with Crippen molar-refractivity contribution in [3.8, 4) is 0 Å². The minimum absolute atomic E-state index is 0.776. The molecule has 1 aliphatic rings. The third kappa shape index (κ3) is 4.06. The first-order valence-corrected chi connectivity index (χ1v) is 7.08. The van der Waals surface area contributed by atoms with Crippen LogP contribution in [0.4, 0.5) is 0 Å². The fourth-order valence-corrected chi connectivity index (χ4v) is 2.91. The Labute approximate surface area is 102 Å². The van der Waals surface area contributed by atoms with E-state index in [1.165, 1.54) is 45.1 Å². The van der Waals surface area contributed by atoms with Crippen LogP contribution in [-0.2, 0) is 0 Å². The van der Waals surface area contributed by atoms with Gasteiger partial charge in [0.05, 0.1) is 0 Å². The Kier molecular flexibility index (Phi) is 6.37. The fraction of sp³-hybridized carbons (Fsp3) is 1.00. The largest absolute Gasteiger partial charge is 0.317 e. The van der Waals surface area contributed by atoms with Crippen LogP contribution in [0.1, 0.15) is 52.4 Å². The topological polar surface area (TPSA) is 15.3 Å². The first kappa shape index (κ1) is 14.0. The molecule has 0 unspecified atom stereocenters. The molecule has 16 heavy (non-hydrogen) atoms. The normalized spacial score (nSPS) is 26.6. The van der Waals surface area contributed by atoms with E-state index < -0.39 is 0 Å². The van der Waals surface area contributed by atoms with Gasteiger partial charge in [-0.25, -0.2) is 0 Å². The Morgan fingerprint density at radius 1 is 1.12 bits per heavy atom. The molecule has 1 saturated carbocycles. The van der Waals surface area contributed by atoms with Crippen molar-refractivity contribution in [3.63, 3.8) is 0 Å². The number of rotatable bonds is 6. The molecule has 0 aromatic rings. The zero-order valence-electron chi connectivity index (χ0n) is 11.6. The highest BCUT2D eigenvalue weighted by molar-refractivity contribution is 4.81. The summed E-state index contributed by atoms with van der Waals surface area (Å²) in [5.41, 5.74) is 0. The Balaban J connectivity index is 2.29. The van der Waals surface area contributed by atoms with Crippen LogP contribution < -0.4 is 5.32 Å². The summed E-state index contributed by atoms with van der Waals surface area (Å²) >= 11 is 0. The quantitative estimate of drug-likeness (QED) is 0.749. The molecular formula is C14H30N2. The summed E-state index contributed by atoms with van der Waals surface area (Å²) < 4.78 is 0. The average Bonchev–Trinajstić information content (AvgIpc) is 2.35. The van der Waals surface area contributed by atoms with E-state index in [9.17, 15) is 0 Å². The van der Waals surface area contributed by atoms with Crippen molar-refractivity contribution in [2.24, 2.45) is 5.92 Å². The minimum Gasteiger partial charge on any atom is -0.317 e. The first-order chi connectivity index (χ1) is 7.71. The second-order valence-corrected chi connectivity index (χ2v) is 5.42. The van der Waals surface area contributed by atoms with E-state index in [0.29, 0.717) is 0 Å². The summed E-state index contributed by atoms with van der Waals surface area (Å²) in [7, 11) is 4.42. The molecule has 0 saturated heterocycles. The summed E-state index contributed by atoms with van der Waals surface area (Å²) in [5, 5.41) is 3.41. The van der Waals surface area contributed by atoms with Crippen molar-refractivity contribution in [2.75, 3.05) is 20.6 Å². The van der Waals surface area contributed by atoms with Crippen LogP contribution in [0, 0.1) is 5.92 Å². The van der Waals surface area contributed by atoms with E-state index in [1.54, 1.807) is 0 Å². The molecule has 2 heteroatoms. The summed E-state index contributed by atoms with van der Waals surface area (Å²) in [6.07, 6.45) is 8.12. The van der Waals surface area contributed by atoms with Gasteiger partial charge in [-0.3, -0.25) is 0 Å². The Morgan fingerprint density at radius 3 is 2.12 bits per heavy atom. The van der Waals surface area contributed by atoms with E-state index in [0.717, 1.165) is 18.0 Å². The fourth-order valence-electron chi connectivity index (χ4n) is 2.91. The molecule has 0 heterocycles. The molecule has 0 amide bonds. The molecule has 2 nitrogen and oxygen atoms in total. The first-order valence-electron chi connectivity index (χ1n) is 7.08. The van der Waals surface area contributed by atoms with Gasteiger partial charge >= 0.3 is 0 Å². The Bertz CT molecular complexity index is 170. The average molecular weight is 226 g/mol. The summed E-state index contributed by atoms with van der Waals surface area (Å²) in [4.78, 5) is 2.61. The van der Waals surface area contributed by atoms with Crippen LogP contribution in [0.5, 0.6) is 0 Å². The van der Waals surface area contributed by atoms with Gasteiger partial charge in [-0.05, 0) is 45.7 Å². The van der Waals surface area contributed by atoms with Crippen molar-refractivity contribution in [1.82, 2.24) is 10.2 Å². The van der Waals surface area contributed by atoms with Crippen molar-refractivity contribution in [1.29, 1.82) is 0 Å². The number of hydrogen-bond acceptors (Lipinski definition) is 2. The van der Waals surface area contributed by atoms with E-state index in [-0.39, 0.29) is 0 Å². The molecule has 0 radical (unpaired) electrons. The van der Waals surface area contributed by atoms with Gasteiger partial charge in [-0.1, -0.05) is 26.7 Å². The molecule has 0 atom stereocenters. The molecule has 0 aromatic carbocycles. The SMILES string of the molecule is CCC(CC)CN(C)C1CCC(NC)CC1. The molecule has 1 N–H and O–H groups in total. The molecule has 96 valence electrons. The van der Waals surface area contributed by atoms with E-state index in [1.807, 2.05) is 0 Å². The van der Waals surface area contributed by atoms with Crippen molar-refractivity contribution < 1.29 is 0 Å². The second-order valence-electron chi connectivity index (χ2n) is 5.42. The van der Waals surface area contributed by atoms with Crippen LogP contribution in [0.25, 0.3) is 0 Å². The lowest BCUT2D eigenvalue weighted by molar-refractivity contribution is 0.151. The smallest absolute Gasteiger partial charge is 0.00934 e. The molecule has 1 fully saturated rings. The molecule has 1 rings (SSSR count). The van der Waals surface area contributed by atoms with Gasteiger partial charge in [0, 0.05) is 18.6 Å². The zero-order chi connectivity index (χ0) is 12.0. The summed E-state index contributed by atoms with van der Waals surface area (Å²) in [6, 6.07) is 1.61. The van der Waals surface area contributed by atoms with Crippen LogP contribution >= 0.6 is 0 Å². The van der Waals surface area contributed by atoms with Crippen LogP contribution in [0.15, 0.2) is 0 Å². The highest BCUT2D eigenvalue weighted by Crippen LogP contribution is 2.23. The maximum atomic E-state index is 3.41. The maximum absolute atomic E-state index is 3.41. The zero-order valence-corrected chi connectivity index (χ0v) is 11.6. The maximum Gasteiger partial charge on any atom is 0.00934 e. The minimum atomic E-state index is 0.776. The van der Waals surface area contributed by atoms with Gasteiger partial charge in [-0.15, -0.1) is 0 Å². The van der Waals surface area contributed by atoms with Crippen molar-refractivity contribution >= 4 is 0 Å². The molecular weight excluding hydrogens is 196 g/mol. The molecule has 0 aromatic heterocycles. The number of nitrogens with one attached hydrogen (secondary N) is 1. The Morgan fingerprint density at radius 2 is 1.69 bits per heavy atom. The lowest BCUT2D eigenvalue weighted by atomic mass is 9.89. The third-order valence-corrected chi connectivity index (χ3v) is 4.43.